The minimum absolute atomic E-state index is 0.00791. The molecular weight excluding hydrogens is 314 g/mol. The Balaban J connectivity index is 1.59. The highest BCUT2D eigenvalue weighted by molar-refractivity contribution is 5.80. The van der Waals surface area contributed by atoms with Crippen molar-refractivity contribution in [3.63, 3.8) is 0 Å². The summed E-state index contributed by atoms with van der Waals surface area (Å²) in [6.45, 7) is 0.405. The third-order valence-electron chi connectivity index (χ3n) is 4.54. The molecule has 1 aliphatic heterocycles. The molecule has 0 spiro atoms. The summed E-state index contributed by atoms with van der Waals surface area (Å²) in [5, 5.41) is 0. The monoisotopic (exact) mass is 337 g/mol. The summed E-state index contributed by atoms with van der Waals surface area (Å²) in [6.07, 6.45) is 2.72. The van der Waals surface area contributed by atoms with E-state index in [1.54, 1.807) is 4.90 Å². The molecule has 4 nitrogen and oxygen atoms in total. The van der Waals surface area contributed by atoms with Crippen LogP contribution in [-0.4, -0.2) is 36.0 Å². The SMILES string of the molecule is O=CC1OC[C@H](Cc2ccccc2)N1C(=O)CCCc1ccccc1. The highest BCUT2D eigenvalue weighted by Crippen LogP contribution is 2.21. The molecule has 3 rings (SSSR count). The van der Waals surface area contributed by atoms with Crippen LogP contribution in [0.3, 0.4) is 0 Å². The van der Waals surface area contributed by atoms with Gasteiger partial charge in [-0.2, -0.15) is 0 Å². The van der Waals surface area contributed by atoms with Gasteiger partial charge in [0, 0.05) is 6.42 Å². The van der Waals surface area contributed by atoms with E-state index in [9.17, 15) is 9.59 Å². The maximum atomic E-state index is 12.7. The Labute approximate surface area is 148 Å². The number of carbonyl (C=O) groups excluding carboxylic acids is 2. The first-order valence-electron chi connectivity index (χ1n) is 8.74. The molecule has 1 saturated heterocycles. The van der Waals surface area contributed by atoms with Crippen molar-refractivity contribution < 1.29 is 14.3 Å². The van der Waals surface area contributed by atoms with Gasteiger partial charge >= 0.3 is 0 Å². The number of carbonyl (C=O) groups is 2. The van der Waals surface area contributed by atoms with E-state index in [0.29, 0.717) is 19.4 Å². The van der Waals surface area contributed by atoms with Gasteiger partial charge in [0.1, 0.15) is 0 Å². The third-order valence-corrected chi connectivity index (χ3v) is 4.54. The van der Waals surface area contributed by atoms with Gasteiger partial charge in [-0.15, -0.1) is 0 Å². The van der Waals surface area contributed by atoms with Gasteiger partial charge < -0.3 is 9.64 Å². The third kappa shape index (κ3) is 4.54. The van der Waals surface area contributed by atoms with Crippen molar-refractivity contribution in [2.24, 2.45) is 0 Å². The van der Waals surface area contributed by atoms with Gasteiger partial charge in [-0.05, 0) is 30.4 Å². The second kappa shape index (κ2) is 8.58. The van der Waals surface area contributed by atoms with Crippen LogP contribution in [0.1, 0.15) is 24.0 Å². The maximum Gasteiger partial charge on any atom is 0.225 e. The molecule has 2 atom stereocenters. The summed E-state index contributed by atoms with van der Waals surface area (Å²) in [6, 6.07) is 20.0. The predicted molar refractivity (Wildman–Crippen MR) is 96.0 cm³/mol. The second-order valence-electron chi connectivity index (χ2n) is 6.34. The van der Waals surface area contributed by atoms with E-state index >= 15 is 0 Å². The van der Waals surface area contributed by atoms with E-state index in [4.69, 9.17) is 4.74 Å². The van der Waals surface area contributed by atoms with E-state index < -0.39 is 6.23 Å². The number of aldehydes is 1. The maximum absolute atomic E-state index is 12.7. The average molecular weight is 337 g/mol. The number of rotatable bonds is 7. The number of benzene rings is 2. The van der Waals surface area contributed by atoms with Crippen LogP contribution < -0.4 is 0 Å². The Morgan fingerprint density at radius 3 is 2.32 bits per heavy atom. The number of ether oxygens (including phenoxy) is 1. The predicted octanol–water partition coefficient (Wildman–Crippen LogP) is 3.00. The Bertz CT molecular complexity index is 687. The van der Waals surface area contributed by atoms with E-state index in [0.717, 1.165) is 24.7 Å². The summed E-state index contributed by atoms with van der Waals surface area (Å²) in [5.74, 6) is -0.00791. The molecule has 1 heterocycles. The van der Waals surface area contributed by atoms with Crippen LogP contribution in [0.4, 0.5) is 0 Å². The zero-order valence-electron chi connectivity index (χ0n) is 14.2. The van der Waals surface area contributed by atoms with Crippen molar-refractivity contribution >= 4 is 12.2 Å². The van der Waals surface area contributed by atoms with Crippen LogP contribution in [0.15, 0.2) is 60.7 Å². The van der Waals surface area contributed by atoms with Crippen molar-refractivity contribution in [1.29, 1.82) is 0 Å². The smallest absolute Gasteiger partial charge is 0.225 e. The van der Waals surface area contributed by atoms with Crippen molar-refractivity contribution in [2.75, 3.05) is 6.61 Å². The van der Waals surface area contributed by atoms with Gasteiger partial charge in [0.05, 0.1) is 12.6 Å². The van der Waals surface area contributed by atoms with Crippen LogP contribution in [-0.2, 0) is 27.2 Å². The highest BCUT2D eigenvalue weighted by atomic mass is 16.5. The van der Waals surface area contributed by atoms with Gasteiger partial charge in [0.15, 0.2) is 12.5 Å². The standard InChI is InChI=1S/C21H23NO3/c23-15-21-22(19(16-25-21)14-18-10-5-2-6-11-18)20(24)13-7-12-17-8-3-1-4-9-17/h1-6,8-11,15,19,21H,7,12-14,16H2/t19-,21?/m0/s1. The van der Waals surface area contributed by atoms with Gasteiger partial charge in [-0.25, -0.2) is 0 Å². The van der Waals surface area contributed by atoms with Crippen LogP contribution in [0.2, 0.25) is 0 Å². The van der Waals surface area contributed by atoms with Crippen molar-refractivity contribution in [3.8, 4) is 0 Å². The van der Waals surface area contributed by atoms with Gasteiger partial charge in [0.2, 0.25) is 5.91 Å². The molecule has 0 saturated carbocycles. The fraction of sp³-hybridized carbons (Fsp3) is 0.333. The molecule has 25 heavy (non-hydrogen) atoms. The van der Waals surface area contributed by atoms with Gasteiger partial charge in [0.25, 0.3) is 0 Å². The van der Waals surface area contributed by atoms with Gasteiger partial charge in [-0.3, -0.25) is 9.59 Å². The summed E-state index contributed by atoms with van der Waals surface area (Å²) < 4.78 is 5.52. The second-order valence-corrected chi connectivity index (χ2v) is 6.34. The first-order valence-corrected chi connectivity index (χ1v) is 8.74. The molecule has 0 N–H and O–H groups in total. The molecular formula is C21H23NO3. The fourth-order valence-corrected chi connectivity index (χ4v) is 3.29. The largest absolute Gasteiger partial charge is 0.349 e. The Morgan fingerprint density at radius 2 is 1.68 bits per heavy atom. The van der Waals surface area contributed by atoms with Crippen LogP contribution in [0, 0.1) is 0 Å². The minimum Gasteiger partial charge on any atom is -0.349 e. The average Bonchev–Trinajstić information content (AvgIpc) is 3.06. The van der Waals surface area contributed by atoms with Crippen LogP contribution in [0.25, 0.3) is 0 Å². The molecule has 1 amide bonds. The quantitative estimate of drug-likeness (QED) is 0.730. The molecule has 2 aromatic carbocycles. The van der Waals surface area contributed by atoms with Crippen LogP contribution in [0.5, 0.6) is 0 Å². The topological polar surface area (TPSA) is 46.6 Å². The molecule has 4 heteroatoms. The summed E-state index contributed by atoms with van der Waals surface area (Å²) >= 11 is 0. The lowest BCUT2D eigenvalue weighted by atomic mass is 10.0. The Kier molecular flexibility index (Phi) is 5.96. The molecule has 1 fully saturated rings. The lowest BCUT2D eigenvalue weighted by molar-refractivity contribution is -0.142. The summed E-state index contributed by atoms with van der Waals surface area (Å²) in [4.78, 5) is 25.6. The summed E-state index contributed by atoms with van der Waals surface area (Å²) in [5.41, 5.74) is 2.37. The number of hydrogen-bond donors (Lipinski definition) is 0. The fourth-order valence-electron chi connectivity index (χ4n) is 3.29. The number of amides is 1. The normalized spacial score (nSPS) is 19.8. The molecule has 130 valence electrons. The molecule has 1 aliphatic rings. The van der Waals surface area contributed by atoms with E-state index in [-0.39, 0.29) is 11.9 Å². The first kappa shape index (κ1) is 17.4. The molecule has 0 bridgehead atoms. The zero-order chi connectivity index (χ0) is 17.5. The Morgan fingerprint density at radius 1 is 1.04 bits per heavy atom. The lowest BCUT2D eigenvalue weighted by Gasteiger charge is -2.26. The molecule has 2 aromatic rings. The number of nitrogens with zero attached hydrogens (tertiary/aromatic N) is 1. The molecule has 1 unspecified atom stereocenters. The van der Waals surface area contributed by atoms with E-state index in [1.807, 2.05) is 48.5 Å². The van der Waals surface area contributed by atoms with Crippen molar-refractivity contribution in [3.05, 3.63) is 71.8 Å². The first-order chi connectivity index (χ1) is 12.3. The summed E-state index contributed by atoms with van der Waals surface area (Å²) in [7, 11) is 0. The van der Waals surface area contributed by atoms with E-state index in [1.165, 1.54) is 5.56 Å². The van der Waals surface area contributed by atoms with Crippen molar-refractivity contribution in [1.82, 2.24) is 4.90 Å². The number of hydrogen-bond acceptors (Lipinski definition) is 3. The Hall–Kier alpha value is -2.46. The van der Waals surface area contributed by atoms with Gasteiger partial charge in [-0.1, -0.05) is 60.7 Å². The minimum atomic E-state index is -0.752. The van der Waals surface area contributed by atoms with Crippen LogP contribution >= 0.6 is 0 Å². The molecule has 0 aromatic heterocycles. The lowest BCUT2D eigenvalue weighted by Crippen LogP contribution is -2.43. The van der Waals surface area contributed by atoms with E-state index in [2.05, 4.69) is 12.1 Å². The highest BCUT2D eigenvalue weighted by Gasteiger charge is 2.37. The van der Waals surface area contributed by atoms with Crippen molar-refractivity contribution in [2.45, 2.75) is 38.0 Å². The zero-order valence-corrected chi connectivity index (χ0v) is 14.2. The molecule has 0 aliphatic carbocycles. The number of aryl methyl sites for hydroxylation is 1. The molecule has 0 radical (unpaired) electrons.